The van der Waals surface area contributed by atoms with Gasteiger partial charge in [-0.1, -0.05) is 12.1 Å². The van der Waals surface area contributed by atoms with Gasteiger partial charge in [0.2, 0.25) is 0 Å². The fraction of sp³-hybridized carbons (Fsp3) is 0.545. The molecule has 3 fully saturated rings. The first-order valence-corrected chi connectivity index (χ1v) is 10.3. The zero-order valence-electron chi connectivity index (χ0n) is 15.9. The molecule has 0 radical (unpaired) electrons. The third kappa shape index (κ3) is 3.51. The summed E-state index contributed by atoms with van der Waals surface area (Å²) in [6, 6.07) is 10.7. The third-order valence-electron chi connectivity index (χ3n) is 6.61. The third-order valence-corrected chi connectivity index (χ3v) is 6.61. The highest BCUT2D eigenvalue weighted by Crippen LogP contribution is 2.42. The first kappa shape index (κ1) is 18.0. The Labute approximate surface area is 163 Å². The zero-order chi connectivity index (χ0) is 19.3. The van der Waals surface area contributed by atoms with Crippen LogP contribution in [0.25, 0.3) is 0 Å². The fourth-order valence-electron chi connectivity index (χ4n) is 5.06. The monoisotopic (exact) mass is 383 g/mol. The highest BCUT2D eigenvalue weighted by molar-refractivity contribution is 5.17. The Morgan fingerprint density at radius 1 is 1.04 bits per heavy atom. The van der Waals surface area contributed by atoms with Crippen LogP contribution in [0, 0.1) is 5.82 Å². The Kier molecular flexibility index (Phi) is 4.36. The van der Waals surface area contributed by atoms with Crippen molar-refractivity contribution in [3.8, 4) is 0 Å². The Morgan fingerprint density at radius 3 is 2.36 bits per heavy atom. The summed E-state index contributed by atoms with van der Waals surface area (Å²) in [4.78, 5) is 14.7. The van der Waals surface area contributed by atoms with Crippen LogP contribution in [-0.4, -0.2) is 37.5 Å². The second kappa shape index (κ2) is 6.78. The summed E-state index contributed by atoms with van der Waals surface area (Å²) < 4.78 is 14.6. The Bertz CT molecular complexity index is 908. The number of piperidine rings is 1. The van der Waals surface area contributed by atoms with Crippen molar-refractivity contribution in [2.45, 2.75) is 75.2 Å². The van der Waals surface area contributed by atoms with Gasteiger partial charge in [0.1, 0.15) is 5.82 Å². The maximum absolute atomic E-state index is 13.2. The van der Waals surface area contributed by atoms with E-state index < -0.39 is 5.60 Å². The summed E-state index contributed by atoms with van der Waals surface area (Å²) in [5.41, 5.74) is 1.03. The molecular formula is C22H26FN3O2. The summed E-state index contributed by atoms with van der Waals surface area (Å²) in [7, 11) is 0. The molecule has 3 aliphatic rings. The van der Waals surface area contributed by atoms with Gasteiger partial charge in [-0.3, -0.25) is 9.69 Å². The summed E-state index contributed by atoms with van der Waals surface area (Å²) in [5, 5.41) is 15.9. The predicted molar refractivity (Wildman–Crippen MR) is 103 cm³/mol. The van der Waals surface area contributed by atoms with Crippen LogP contribution in [0.4, 0.5) is 4.39 Å². The molecule has 5 rings (SSSR count). The second-order valence-corrected chi connectivity index (χ2v) is 8.84. The molecule has 0 spiro atoms. The van der Waals surface area contributed by atoms with E-state index in [4.69, 9.17) is 0 Å². The second-order valence-electron chi connectivity index (χ2n) is 8.84. The lowest BCUT2D eigenvalue weighted by Gasteiger charge is -2.43. The molecule has 2 saturated heterocycles. The molecule has 2 atom stereocenters. The minimum atomic E-state index is -0.899. The van der Waals surface area contributed by atoms with Gasteiger partial charge in [-0.15, -0.1) is 0 Å². The number of nitrogens with zero attached hydrogens (tertiary/aromatic N) is 3. The first-order valence-electron chi connectivity index (χ1n) is 10.3. The topological polar surface area (TPSA) is 58.4 Å². The number of rotatable bonds is 5. The van der Waals surface area contributed by atoms with Gasteiger partial charge in [0.25, 0.3) is 5.56 Å². The van der Waals surface area contributed by atoms with Crippen molar-refractivity contribution >= 4 is 0 Å². The van der Waals surface area contributed by atoms with Gasteiger partial charge in [-0.25, -0.2) is 9.07 Å². The van der Waals surface area contributed by atoms with Crippen LogP contribution in [0.5, 0.6) is 0 Å². The molecule has 1 N–H and O–H groups in total. The molecule has 0 amide bonds. The van der Waals surface area contributed by atoms with E-state index in [0.717, 1.165) is 43.5 Å². The summed E-state index contributed by atoms with van der Waals surface area (Å²) >= 11 is 0. The van der Waals surface area contributed by atoms with Crippen molar-refractivity contribution in [2.75, 3.05) is 0 Å². The lowest BCUT2D eigenvalue weighted by molar-refractivity contribution is -0.0678. The van der Waals surface area contributed by atoms with E-state index in [1.807, 2.05) is 18.2 Å². The van der Waals surface area contributed by atoms with E-state index >= 15 is 0 Å². The summed E-state index contributed by atoms with van der Waals surface area (Å²) in [6.45, 7) is 1.05. The normalized spacial score (nSPS) is 29.9. The average Bonchev–Trinajstić information content (AvgIpc) is 3.47. The van der Waals surface area contributed by atoms with Gasteiger partial charge in [0.15, 0.2) is 0 Å². The number of aliphatic hydroxyl groups is 1. The van der Waals surface area contributed by atoms with Crippen molar-refractivity contribution in [1.29, 1.82) is 0 Å². The number of aromatic nitrogens is 2. The molecule has 0 unspecified atom stereocenters. The van der Waals surface area contributed by atoms with Crippen LogP contribution >= 0.6 is 0 Å². The van der Waals surface area contributed by atoms with Crippen LogP contribution < -0.4 is 5.56 Å². The highest BCUT2D eigenvalue weighted by Gasteiger charge is 2.47. The number of halogens is 1. The predicted octanol–water partition coefficient (Wildman–Crippen LogP) is 2.82. The molecule has 2 aromatic rings. The molecule has 1 aromatic carbocycles. The molecule has 6 heteroatoms. The van der Waals surface area contributed by atoms with Crippen LogP contribution in [0.2, 0.25) is 0 Å². The number of hydrogen-bond acceptors (Lipinski definition) is 4. The number of fused-ring (bicyclic) bond motifs is 2. The van der Waals surface area contributed by atoms with Crippen molar-refractivity contribution in [2.24, 2.45) is 0 Å². The maximum Gasteiger partial charge on any atom is 0.266 e. The molecule has 2 bridgehead atoms. The molecular weight excluding hydrogens is 357 g/mol. The molecule has 1 aliphatic carbocycles. The Hall–Kier alpha value is -2.05. The molecule has 3 heterocycles. The zero-order valence-corrected chi connectivity index (χ0v) is 15.9. The molecule has 5 nitrogen and oxygen atoms in total. The highest BCUT2D eigenvalue weighted by atomic mass is 19.1. The average molecular weight is 383 g/mol. The molecule has 2 aliphatic heterocycles. The van der Waals surface area contributed by atoms with E-state index in [9.17, 15) is 14.3 Å². The van der Waals surface area contributed by atoms with E-state index in [1.54, 1.807) is 6.07 Å². The Morgan fingerprint density at radius 2 is 1.71 bits per heavy atom. The van der Waals surface area contributed by atoms with Gasteiger partial charge in [0, 0.05) is 30.6 Å². The fourth-order valence-corrected chi connectivity index (χ4v) is 5.06. The lowest BCUT2D eigenvalue weighted by Crippen LogP contribution is -2.53. The quantitative estimate of drug-likeness (QED) is 0.863. The lowest BCUT2D eigenvalue weighted by atomic mass is 9.85. The maximum atomic E-state index is 13.2. The van der Waals surface area contributed by atoms with Crippen molar-refractivity contribution in [3.05, 3.63) is 63.8 Å². The molecule has 1 aromatic heterocycles. The molecule has 1 saturated carbocycles. The first-order chi connectivity index (χ1) is 13.5. The number of benzene rings is 1. The smallest absolute Gasteiger partial charge is 0.266 e. The molecule has 148 valence electrons. The van der Waals surface area contributed by atoms with E-state index in [-0.39, 0.29) is 30.0 Å². The van der Waals surface area contributed by atoms with Crippen LogP contribution in [0.1, 0.15) is 55.7 Å². The van der Waals surface area contributed by atoms with Gasteiger partial charge in [0.05, 0.1) is 17.8 Å². The van der Waals surface area contributed by atoms with E-state index in [2.05, 4.69) is 10.00 Å². The minimum absolute atomic E-state index is 0.140. The SMILES string of the molecule is O=c1ccc(C2CC2)nn1CC1(O)C[C@H]2CC[C@H](C1)N2Cc1ccc(F)cc1. The van der Waals surface area contributed by atoms with Crippen molar-refractivity contribution < 1.29 is 9.50 Å². The van der Waals surface area contributed by atoms with Crippen molar-refractivity contribution in [1.82, 2.24) is 14.7 Å². The van der Waals surface area contributed by atoms with E-state index in [1.165, 1.54) is 16.8 Å². The molecule has 28 heavy (non-hydrogen) atoms. The van der Waals surface area contributed by atoms with Crippen molar-refractivity contribution in [3.63, 3.8) is 0 Å². The summed E-state index contributed by atoms with van der Waals surface area (Å²) in [6.07, 6.45) is 5.67. The summed E-state index contributed by atoms with van der Waals surface area (Å²) in [5.74, 6) is 0.265. The largest absolute Gasteiger partial charge is 0.388 e. The van der Waals surface area contributed by atoms with Crippen LogP contribution in [0.3, 0.4) is 0 Å². The van der Waals surface area contributed by atoms with Gasteiger partial charge >= 0.3 is 0 Å². The van der Waals surface area contributed by atoms with Crippen LogP contribution in [-0.2, 0) is 13.1 Å². The Balaban J connectivity index is 1.31. The van der Waals surface area contributed by atoms with Gasteiger partial charge in [-0.2, -0.15) is 5.10 Å². The number of hydrogen-bond donors (Lipinski definition) is 1. The minimum Gasteiger partial charge on any atom is -0.388 e. The van der Waals surface area contributed by atoms with E-state index in [0.29, 0.717) is 18.8 Å². The van der Waals surface area contributed by atoms with Gasteiger partial charge < -0.3 is 5.11 Å². The standard InChI is InChI=1S/C22H26FN3O2/c23-17-5-1-15(2-6-17)13-25-18-7-8-19(25)12-22(28,11-18)14-26-21(27)10-9-20(24-26)16-3-4-16/h1-2,5-6,9-10,16,18-19,28H,3-4,7-8,11-14H2/t18-,19-/m1/s1. The van der Waals surface area contributed by atoms with Crippen LogP contribution in [0.15, 0.2) is 41.2 Å². The van der Waals surface area contributed by atoms with Gasteiger partial charge in [-0.05, 0) is 62.3 Å².